The average molecular weight is 614 g/mol. The maximum absolute atomic E-state index is 14.1. The van der Waals surface area contributed by atoms with Crippen molar-refractivity contribution >= 4 is 35.4 Å². The molecule has 0 spiro atoms. The first kappa shape index (κ1) is 31.9. The molecule has 3 aromatic rings. The van der Waals surface area contributed by atoms with Crippen molar-refractivity contribution in [3.05, 3.63) is 77.0 Å². The van der Waals surface area contributed by atoms with Crippen molar-refractivity contribution in [3.63, 3.8) is 0 Å². The SMILES string of the molecule is Cc1cc(OCCCc2ccc3c(c2)C(=O)N(C(C)CC(=O)OC(=O)C(F)(F)F)C(c2ccccc2)C(=O)N3C)nc(N)n1. The number of fused-ring (bicyclic) bond motifs is 1. The summed E-state index contributed by atoms with van der Waals surface area (Å²) >= 11 is 0. The van der Waals surface area contributed by atoms with Crippen LogP contribution in [0.15, 0.2) is 54.6 Å². The molecule has 1 aliphatic heterocycles. The Labute approximate surface area is 250 Å². The van der Waals surface area contributed by atoms with E-state index in [0.717, 1.165) is 10.5 Å². The van der Waals surface area contributed by atoms with Crippen molar-refractivity contribution in [1.29, 1.82) is 0 Å². The Hall–Kier alpha value is -5.01. The van der Waals surface area contributed by atoms with Gasteiger partial charge in [0.1, 0.15) is 6.04 Å². The lowest BCUT2D eigenvalue weighted by molar-refractivity contribution is -0.202. The second-order valence-electron chi connectivity index (χ2n) is 10.2. The third-order valence-electron chi connectivity index (χ3n) is 6.93. The number of nitrogens with zero attached hydrogens (tertiary/aromatic N) is 4. The second-order valence-corrected chi connectivity index (χ2v) is 10.2. The first-order valence-corrected chi connectivity index (χ1v) is 13.6. The minimum absolute atomic E-state index is 0.0933. The summed E-state index contributed by atoms with van der Waals surface area (Å²) in [6.07, 6.45) is -5.12. The van der Waals surface area contributed by atoms with Crippen molar-refractivity contribution in [2.45, 2.75) is 51.4 Å². The molecule has 2 N–H and O–H groups in total. The summed E-state index contributed by atoms with van der Waals surface area (Å²) in [5, 5.41) is 0. The molecule has 14 heteroatoms. The lowest BCUT2D eigenvalue weighted by atomic mass is 10.00. The number of hydrogen-bond acceptors (Lipinski definition) is 9. The van der Waals surface area contributed by atoms with Crippen molar-refractivity contribution in [2.24, 2.45) is 0 Å². The molecule has 11 nitrogen and oxygen atoms in total. The van der Waals surface area contributed by atoms with E-state index >= 15 is 0 Å². The highest BCUT2D eigenvalue weighted by molar-refractivity contribution is 6.11. The van der Waals surface area contributed by atoms with Gasteiger partial charge >= 0.3 is 18.1 Å². The van der Waals surface area contributed by atoms with E-state index in [4.69, 9.17) is 10.5 Å². The number of aryl methyl sites for hydroxylation is 2. The van der Waals surface area contributed by atoms with Crippen LogP contribution in [0.2, 0.25) is 0 Å². The van der Waals surface area contributed by atoms with E-state index in [1.807, 2.05) is 0 Å². The number of benzene rings is 2. The lowest BCUT2D eigenvalue weighted by Gasteiger charge is -2.34. The van der Waals surface area contributed by atoms with Crippen LogP contribution in [0.25, 0.3) is 0 Å². The summed E-state index contributed by atoms with van der Waals surface area (Å²) in [7, 11) is 1.51. The minimum atomic E-state index is -5.37. The third kappa shape index (κ3) is 7.30. The number of carbonyl (C=O) groups excluding carboxylic acids is 4. The molecule has 232 valence electrons. The number of amides is 2. The fourth-order valence-electron chi connectivity index (χ4n) is 4.90. The molecule has 0 saturated heterocycles. The predicted octanol–water partition coefficient (Wildman–Crippen LogP) is 3.95. The average Bonchev–Trinajstić information content (AvgIpc) is 3.03. The Balaban J connectivity index is 1.60. The van der Waals surface area contributed by atoms with Crippen molar-refractivity contribution < 1.29 is 41.8 Å². The zero-order valence-corrected chi connectivity index (χ0v) is 24.1. The van der Waals surface area contributed by atoms with Crippen LogP contribution in [0.4, 0.5) is 24.8 Å². The Bertz CT molecular complexity index is 1550. The van der Waals surface area contributed by atoms with Gasteiger partial charge in [-0.3, -0.25) is 14.4 Å². The van der Waals surface area contributed by atoms with Gasteiger partial charge in [0.05, 0.1) is 24.3 Å². The number of rotatable bonds is 9. The van der Waals surface area contributed by atoms with Crippen LogP contribution in [-0.2, 0) is 25.5 Å². The van der Waals surface area contributed by atoms with E-state index in [-0.39, 0.29) is 18.1 Å². The maximum Gasteiger partial charge on any atom is 0.491 e. The fraction of sp³-hybridized carbons (Fsp3) is 0.333. The van der Waals surface area contributed by atoms with Gasteiger partial charge in [-0.05, 0) is 49.9 Å². The highest BCUT2D eigenvalue weighted by Gasteiger charge is 2.44. The van der Waals surface area contributed by atoms with Crippen molar-refractivity contribution in [3.8, 4) is 5.88 Å². The van der Waals surface area contributed by atoms with E-state index in [0.29, 0.717) is 35.7 Å². The summed E-state index contributed by atoms with van der Waals surface area (Å²) < 4.78 is 47.6. The maximum atomic E-state index is 14.1. The number of aromatic nitrogens is 2. The Morgan fingerprint density at radius 1 is 1.07 bits per heavy atom. The molecule has 2 unspecified atom stereocenters. The molecule has 0 fully saturated rings. The Morgan fingerprint density at radius 3 is 2.43 bits per heavy atom. The molecular weight excluding hydrogens is 583 g/mol. The molecule has 2 atom stereocenters. The van der Waals surface area contributed by atoms with Crippen LogP contribution >= 0.6 is 0 Å². The molecule has 1 aliphatic rings. The molecule has 0 aliphatic carbocycles. The van der Waals surface area contributed by atoms with Gasteiger partial charge in [0, 0.05) is 24.8 Å². The lowest BCUT2D eigenvalue weighted by Crippen LogP contribution is -2.46. The van der Waals surface area contributed by atoms with E-state index < -0.39 is 48.4 Å². The first-order valence-electron chi connectivity index (χ1n) is 13.6. The number of likely N-dealkylation sites (N-methyl/N-ethyl adjacent to an activating group) is 1. The van der Waals surface area contributed by atoms with E-state index in [2.05, 4.69) is 14.7 Å². The van der Waals surface area contributed by atoms with Gasteiger partial charge in [-0.1, -0.05) is 36.4 Å². The third-order valence-corrected chi connectivity index (χ3v) is 6.93. The number of anilines is 2. The standard InChI is InChI=1S/C30H30F3N5O6/c1-17-14-23(36-29(34)35-17)43-13-7-8-19-11-12-22-21(16-19)26(40)38(18(2)15-24(39)44-28(42)30(31,32)33)25(27(41)37(22)3)20-9-5-4-6-10-20/h4-6,9-12,14,16,18,25H,7-8,13,15H2,1-3H3,(H2,34,35,36). The van der Waals surface area contributed by atoms with Gasteiger partial charge < -0.3 is 25.0 Å². The highest BCUT2D eigenvalue weighted by Crippen LogP contribution is 2.36. The van der Waals surface area contributed by atoms with E-state index in [1.165, 1.54) is 18.9 Å². The predicted molar refractivity (Wildman–Crippen MR) is 151 cm³/mol. The van der Waals surface area contributed by atoms with Gasteiger partial charge in [0.15, 0.2) is 0 Å². The molecular formula is C30H30F3N5O6. The van der Waals surface area contributed by atoms with Crippen LogP contribution in [0.3, 0.4) is 0 Å². The topological polar surface area (TPSA) is 145 Å². The molecule has 2 heterocycles. The normalized spacial score (nSPS) is 15.8. The Morgan fingerprint density at radius 2 is 1.77 bits per heavy atom. The van der Waals surface area contributed by atoms with Crippen LogP contribution in [0.5, 0.6) is 5.88 Å². The van der Waals surface area contributed by atoms with Gasteiger partial charge in [-0.15, -0.1) is 0 Å². The second kappa shape index (κ2) is 13.1. The van der Waals surface area contributed by atoms with Crippen LogP contribution in [0, 0.1) is 6.92 Å². The molecule has 2 amide bonds. The summed E-state index contributed by atoms with van der Waals surface area (Å²) in [6.45, 7) is 3.45. The van der Waals surface area contributed by atoms with E-state index in [9.17, 15) is 32.3 Å². The number of nitrogens with two attached hydrogens (primary N) is 1. The summed E-state index contributed by atoms with van der Waals surface area (Å²) in [5.74, 6) is -4.85. The molecule has 44 heavy (non-hydrogen) atoms. The summed E-state index contributed by atoms with van der Waals surface area (Å²) in [5.41, 5.74) is 7.96. The van der Waals surface area contributed by atoms with Gasteiger partial charge in [-0.25, -0.2) is 9.78 Å². The molecule has 0 radical (unpaired) electrons. The van der Waals surface area contributed by atoms with E-state index in [1.54, 1.807) is 61.5 Å². The van der Waals surface area contributed by atoms with Crippen LogP contribution < -0.4 is 15.4 Å². The molecule has 2 aromatic carbocycles. The number of nitrogen functional groups attached to an aromatic ring is 1. The first-order chi connectivity index (χ1) is 20.8. The number of hydrogen-bond donors (Lipinski definition) is 1. The van der Waals surface area contributed by atoms with Crippen LogP contribution in [0.1, 0.15) is 53.0 Å². The zero-order chi connectivity index (χ0) is 32.2. The van der Waals surface area contributed by atoms with Crippen molar-refractivity contribution in [1.82, 2.24) is 14.9 Å². The number of ether oxygens (including phenoxy) is 2. The molecule has 0 bridgehead atoms. The fourth-order valence-corrected chi connectivity index (χ4v) is 4.90. The van der Waals surface area contributed by atoms with Crippen LogP contribution in [-0.4, -0.2) is 64.5 Å². The molecule has 1 aromatic heterocycles. The molecule has 4 rings (SSSR count). The summed E-state index contributed by atoms with van der Waals surface area (Å²) in [4.78, 5) is 62.0. The zero-order valence-electron chi connectivity index (χ0n) is 24.1. The Kier molecular flexibility index (Phi) is 9.50. The van der Waals surface area contributed by atoms with Crippen molar-refractivity contribution in [2.75, 3.05) is 24.3 Å². The smallest absolute Gasteiger partial charge is 0.478 e. The number of esters is 2. The summed E-state index contributed by atoms with van der Waals surface area (Å²) in [6, 6.07) is 12.7. The number of halogens is 3. The minimum Gasteiger partial charge on any atom is -0.478 e. The quantitative estimate of drug-likeness (QED) is 0.215. The number of alkyl halides is 3. The number of carbonyl (C=O) groups is 4. The highest BCUT2D eigenvalue weighted by atomic mass is 19.4. The van der Waals surface area contributed by atoms with Gasteiger partial charge in [0.2, 0.25) is 11.8 Å². The largest absolute Gasteiger partial charge is 0.491 e. The molecule has 0 saturated carbocycles. The van der Waals surface area contributed by atoms with Gasteiger partial charge in [-0.2, -0.15) is 18.2 Å². The van der Waals surface area contributed by atoms with Gasteiger partial charge in [0.25, 0.3) is 11.8 Å². The monoisotopic (exact) mass is 613 g/mol.